The Kier molecular flexibility index (Phi) is 3.69. The van der Waals surface area contributed by atoms with Crippen molar-refractivity contribution in [3.63, 3.8) is 0 Å². The van der Waals surface area contributed by atoms with E-state index in [9.17, 15) is 4.79 Å². The van der Waals surface area contributed by atoms with E-state index in [1.807, 2.05) is 25.4 Å². The molecule has 2 rings (SSSR count). The summed E-state index contributed by atoms with van der Waals surface area (Å²) in [5, 5.41) is 4.47. The van der Waals surface area contributed by atoms with Crippen LogP contribution in [-0.4, -0.2) is 23.2 Å². The largest absolute Gasteiger partial charge is 0.497 e. The zero-order chi connectivity index (χ0) is 14.0. The fourth-order valence-electron chi connectivity index (χ4n) is 2.15. The van der Waals surface area contributed by atoms with E-state index in [1.54, 1.807) is 17.9 Å². The van der Waals surface area contributed by atoms with Crippen LogP contribution in [0.15, 0.2) is 24.4 Å². The second-order valence-electron chi connectivity index (χ2n) is 4.83. The first-order chi connectivity index (χ1) is 9.06. The van der Waals surface area contributed by atoms with Crippen LogP contribution >= 0.6 is 0 Å². The maximum Gasteiger partial charge on any atom is 0.150 e. The van der Waals surface area contributed by atoms with Crippen molar-refractivity contribution < 1.29 is 9.53 Å². The van der Waals surface area contributed by atoms with Gasteiger partial charge in [-0.1, -0.05) is 13.8 Å². The number of hydrogen-bond donors (Lipinski definition) is 0. The van der Waals surface area contributed by atoms with Gasteiger partial charge in [-0.2, -0.15) is 5.10 Å². The lowest BCUT2D eigenvalue weighted by molar-refractivity contribution is 0.112. The van der Waals surface area contributed by atoms with Crippen LogP contribution in [0.1, 0.15) is 35.8 Å². The van der Waals surface area contributed by atoms with Crippen LogP contribution in [0, 0.1) is 0 Å². The predicted molar refractivity (Wildman–Crippen MR) is 74.7 cm³/mol. The molecular weight excluding hydrogens is 240 g/mol. The topological polar surface area (TPSA) is 44.1 Å². The van der Waals surface area contributed by atoms with E-state index < -0.39 is 0 Å². The minimum absolute atomic E-state index is 0.304. The molecular formula is C15H18N2O2. The molecule has 0 atom stereocenters. The van der Waals surface area contributed by atoms with Gasteiger partial charge in [0.25, 0.3) is 0 Å². The molecule has 1 aromatic heterocycles. The molecule has 0 aliphatic rings. The van der Waals surface area contributed by atoms with E-state index >= 15 is 0 Å². The lowest BCUT2D eigenvalue weighted by Gasteiger charge is -2.09. The summed E-state index contributed by atoms with van der Waals surface area (Å²) in [4.78, 5) is 11.3. The average Bonchev–Trinajstić information content (AvgIpc) is 2.80. The number of ether oxygens (including phenoxy) is 1. The third-order valence-electron chi connectivity index (χ3n) is 3.08. The van der Waals surface area contributed by atoms with Gasteiger partial charge in [0.1, 0.15) is 5.75 Å². The van der Waals surface area contributed by atoms with Crippen molar-refractivity contribution in [2.24, 2.45) is 7.05 Å². The van der Waals surface area contributed by atoms with Crippen molar-refractivity contribution >= 4 is 6.29 Å². The van der Waals surface area contributed by atoms with Crippen molar-refractivity contribution in [1.82, 2.24) is 9.78 Å². The monoisotopic (exact) mass is 258 g/mol. The molecule has 19 heavy (non-hydrogen) atoms. The Morgan fingerprint density at radius 2 is 2.05 bits per heavy atom. The van der Waals surface area contributed by atoms with Gasteiger partial charge in [-0.3, -0.25) is 9.48 Å². The summed E-state index contributed by atoms with van der Waals surface area (Å²) in [6, 6.07) is 5.52. The van der Waals surface area contributed by atoms with Crippen LogP contribution in [-0.2, 0) is 7.05 Å². The van der Waals surface area contributed by atoms with Gasteiger partial charge in [0.05, 0.1) is 12.8 Å². The molecule has 0 aliphatic carbocycles. The zero-order valence-electron chi connectivity index (χ0n) is 11.7. The van der Waals surface area contributed by atoms with E-state index in [1.165, 1.54) is 0 Å². The summed E-state index contributed by atoms with van der Waals surface area (Å²) in [5.41, 5.74) is 3.51. The van der Waals surface area contributed by atoms with Crippen molar-refractivity contribution in [2.45, 2.75) is 19.8 Å². The quantitative estimate of drug-likeness (QED) is 0.792. The normalized spacial score (nSPS) is 10.8. The molecule has 0 aliphatic heterocycles. The molecule has 0 N–H and O–H groups in total. The molecule has 100 valence electrons. The summed E-state index contributed by atoms with van der Waals surface area (Å²) in [6.07, 6.45) is 2.80. The highest BCUT2D eigenvalue weighted by molar-refractivity contribution is 5.88. The lowest BCUT2D eigenvalue weighted by Crippen LogP contribution is -1.95. The first kappa shape index (κ1) is 13.3. The Morgan fingerprint density at radius 3 is 2.63 bits per heavy atom. The molecule has 0 unspecified atom stereocenters. The molecule has 0 radical (unpaired) electrons. The summed E-state index contributed by atoms with van der Waals surface area (Å²) in [7, 11) is 3.48. The second kappa shape index (κ2) is 5.26. The van der Waals surface area contributed by atoms with Gasteiger partial charge in [0.2, 0.25) is 0 Å². The summed E-state index contributed by atoms with van der Waals surface area (Å²) in [6.45, 7) is 4.19. The lowest BCUT2D eigenvalue weighted by atomic mass is 9.96. The van der Waals surface area contributed by atoms with E-state index in [0.29, 0.717) is 17.2 Å². The van der Waals surface area contributed by atoms with Crippen molar-refractivity contribution in [2.75, 3.05) is 7.11 Å². The summed E-state index contributed by atoms with van der Waals surface area (Å²) >= 11 is 0. The number of hydrogen-bond acceptors (Lipinski definition) is 3. The minimum atomic E-state index is 0.304. The Hall–Kier alpha value is -2.10. The molecule has 0 saturated carbocycles. The van der Waals surface area contributed by atoms with Crippen molar-refractivity contribution in [3.05, 3.63) is 35.7 Å². The summed E-state index contributed by atoms with van der Waals surface area (Å²) < 4.78 is 6.93. The summed E-state index contributed by atoms with van der Waals surface area (Å²) in [5.74, 6) is 0.985. The number of rotatable bonds is 4. The van der Waals surface area contributed by atoms with E-state index in [-0.39, 0.29) is 0 Å². The molecule has 1 aromatic carbocycles. The fourth-order valence-corrected chi connectivity index (χ4v) is 2.15. The maximum atomic E-state index is 11.3. The Morgan fingerprint density at radius 1 is 1.32 bits per heavy atom. The smallest absolute Gasteiger partial charge is 0.150 e. The molecule has 1 heterocycles. The fraction of sp³-hybridized carbons (Fsp3) is 0.333. The van der Waals surface area contributed by atoms with Gasteiger partial charge >= 0.3 is 0 Å². The number of aryl methyl sites for hydroxylation is 1. The molecule has 0 bridgehead atoms. The number of carbonyl (C=O) groups is 1. The van der Waals surface area contributed by atoms with Crippen LogP contribution in [0.25, 0.3) is 11.1 Å². The van der Waals surface area contributed by atoms with Gasteiger partial charge < -0.3 is 4.74 Å². The third kappa shape index (κ3) is 2.52. The first-order valence-corrected chi connectivity index (χ1v) is 6.24. The molecule has 0 amide bonds. The van der Waals surface area contributed by atoms with Crippen LogP contribution in [0.2, 0.25) is 0 Å². The molecule has 2 aromatic rings. The number of benzene rings is 1. The maximum absolute atomic E-state index is 11.3. The molecule has 0 fully saturated rings. The Balaban J connectivity index is 2.61. The van der Waals surface area contributed by atoms with E-state index in [2.05, 4.69) is 18.9 Å². The number of aldehydes is 1. The Bertz CT molecular complexity index is 600. The number of nitrogens with zero attached hydrogens (tertiary/aromatic N) is 2. The van der Waals surface area contributed by atoms with Gasteiger partial charge in [-0.25, -0.2) is 0 Å². The van der Waals surface area contributed by atoms with Gasteiger partial charge in [-0.05, 0) is 29.7 Å². The van der Waals surface area contributed by atoms with Crippen molar-refractivity contribution in [1.29, 1.82) is 0 Å². The third-order valence-corrected chi connectivity index (χ3v) is 3.08. The minimum Gasteiger partial charge on any atom is -0.497 e. The van der Waals surface area contributed by atoms with Crippen LogP contribution in [0.4, 0.5) is 0 Å². The van der Waals surface area contributed by atoms with Crippen LogP contribution < -0.4 is 4.74 Å². The van der Waals surface area contributed by atoms with Gasteiger partial charge in [0, 0.05) is 24.4 Å². The SMILES string of the molecule is COc1ccc(-c2cn(C)nc2C(C)C)c(C=O)c1. The first-order valence-electron chi connectivity index (χ1n) is 6.24. The average molecular weight is 258 g/mol. The zero-order valence-corrected chi connectivity index (χ0v) is 11.7. The molecule has 0 saturated heterocycles. The standard InChI is InChI=1S/C15H18N2O2/c1-10(2)15-14(8-17(3)16-15)13-6-5-12(19-4)7-11(13)9-18/h5-10H,1-4H3. The van der Waals surface area contributed by atoms with Crippen LogP contribution in [0.3, 0.4) is 0 Å². The van der Waals surface area contributed by atoms with E-state index in [0.717, 1.165) is 23.1 Å². The highest BCUT2D eigenvalue weighted by atomic mass is 16.5. The van der Waals surface area contributed by atoms with Crippen LogP contribution in [0.5, 0.6) is 5.75 Å². The molecule has 4 heteroatoms. The number of carbonyl (C=O) groups excluding carboxylic acids is 1. The van der Waals surface area contributed by atoms with Gasteiger partial charge in [-0.15, -0.1) is 0 Å². The number of aromatic nitrogens is 2. The number of methoxy groups -OCH3 is 1. The Labute approximate surface area is 113 Å². The highest BCUT2D eigenvalue weighted by Gasteiger charge is 2.16. The van der Waals surface area contributed by atoms with E-state index in [4.69, 9.17) is 4.74 Å². The second-order valence-corrected chi connectivity index (χ2v) is 4.83. The predicted octanol–water partition coefficient (Wildman–Crippen LogP) is 3.03. The van der Waals surface area contributed by atoms with Crippen molar-refractivity contribution in [3.8, 4) is 16.9 Å². The molecule has 0 spiro atoms. The highest BCUT2D eigenvalue weighted by Crippen LogP contribution is 2.31. The van der Waals surface area contributed by atoms with Gasteiger partial charge in [0.15, 0.2) is 6.29 Å². The molecule has 4 nitrogen and oxygen atoms in total.